The normalized spacial score (nSPS) is 34.1. The summed E-state index contributed by atoms with van der Waals surface area (Å²) < 4.78 is 0. The Kier molecular flexibility index (Phi) is 2.72. The highest BCUT2D eigenvalue weighted by molar-refractivity contribution is 8.01. The minimum atomic E-state index is -0.224. The second-order valence-corrected chi connectivity index (χ2v) is 6.59. The Morgan fingerprint density at radius 1 is 1.00 bits per heavy atom. The molecule has 1 aromatic carbocycles. The molecule has 2 saturated heterocycles. The number of benzene rings is 1. The van der Waals surface area contributed by atoms with Crippen LogP contribution in [-0.2, 0) is 21.0 Å². The van der Waals surface area contributed by atoms with Crippen molar-refractivity contribution in [1.29, 1.82) is 0 Å². The van der Waals surface area contributed by atoms with Crippen LogP contribution in [0, 0.1) is 11.8 Å². The van der Waals surface area contributed by atoms with Gasteiger partial charge in [0, 0.05) is 10.5 Å². The Morgan fingerprint density at radius 3 is 2.20 bits per heavy atom. The largest absolute Gasteiger partial charge is 0.272 e. The van der Waals surface area contributed by atoms with Crippen molar-refractivity contribution in [2.45, 2.75) is 17.1 Å². The molecule has 0 aromatic heterocycles. The Hall–Kier alpha value is -1.59. The summed E-state index contributed by atoms with van der Waals surface area (Å²) in [6, 6.07) is 9.55. The first-order valence-electron chi connectivity index (χ1n) is 6.64. The van der Waals surface area contributed by atoms with E-state index < -0.39 is 0 Å². The van der Waals surface area contributed by atoms with Crippen molar-refractivity contribution in [2.75, 3.05) is 0 Å². The molecule has 3 aliphatic heterocycles. The molecule has 1 aromatic rings. The average Bonchev–Trinajstić information content (AvgIpc) is 3.13. The summed E-state index contributed by atoms with van der Waals surface area (Å²) in [5.41, 5.74) is 0.945. The van der Waals surface area contributed by atoms with Crippen LogP contribution in [0.2, 0.25) is 0 Å². The predicted molar refractivity (Wildman–Crippen MR) is 74.4 cm³/mol. The van der Waals surface area contributed by atoms with Gasteiger partial charge >= 0.3 is 0 Å². The van der Waals surface area contributed by atoms with E-state index in [1.165, 1.54) is 0 Å². The van der Waals surface area contributed by atoms with Gasteiger partial charge < -0.3 is 0 Å². The molecule has 0 radical (unpaired) electrons. The molecule has 0 saturated carbocycles. The van der Waals surface area contributed by atoms with E-state index in [-0.39, 0.29) is 40.8 Å². The van der Waals surface area contributed by atoms with Gasteiger partial charge in [0.05, 0.1) is 11.8 Å². The van der Waals surface area contributed by atoms with Crippen molar-refractivity contribution >= 4 is 23.6 Å². The standard InChI is InChI=1S/C15H13NO3S/c17-14-12-10-6-7-11(20-10)13(12)15(18)16(14)19-8-9-4-2-1-3-5-9/h1-7,10-13H,8H2. The highest BCUT2D eigenvalue weighted by Gasteiger charge is 2.60. The first-order valence-corrected chi connectivity index (χ1v) is 7.58. The van der Waals surface area contributed by atoms with Crippen molar-refractivity contribution in [3.8, 4) is 0 Å². The number of hydroxylamine groups is 2. The van der Waals surface area contributed by atoms with Gasteiger partial charge in [0.2, 0.25) is 0 Å². The van der Waals surface area contributed by atoms with E-state index in [2.05, 4.69) is 0 Å². The third-order valence-corrected chi connectivity index (χ3v) is 5.60. The summed E-state index contributed by atoms with van der Waals surface area (Å²) in [7, 11) is 0. The lowest BCUT2D eigenvalue weighted by Gasteiger charge is -2.16. The molecule has 0 N–H and O–H groups in total. The zero-order valence-electron chi connectivity index (χ0n) is 10.6. The van der Waals surface area contributed by atoms with Crippen molar-refractivity contribution in [2.24, 2.45) is 11.8 Å². The fourth-order valence-electron chi connectivity index (χ4n) is 3.12. The van der Waals surface area contributed by atoms with Crippen LogP contribution in [-0.4, -0.2) is 27.4 Å². The van der Waals surface area contributed by atoms with Crippen molar-refractivity contribution in [3.63, 3.8) is 0 Å². The summed E-state index contributed by atoms with van der Waals surface area (Å²) in [5.74, 6) is -0.808. The number of carbonyl (C=O) groups is 2. The summed E-state index contributed by atoms with van der Waals surface area (Å²) in [6.45, 7) is 0.244. The molecule has 0 spiro atoms. The molecule has 3 heterocycles. The van der Waals surface area contributed by atoms with Gasteiger partial charge in [-0.2, -0.15) is 5.06 Å². The van der Waals surface area contributed by atoms with E-state index in [0.717, 1.165) is 10.6 Å². The van der Waals surface area contributed by atoms with Crippen molar-refractivity contribution < 1.29 is 14.4 Å². The smallest absolute Gasteiger partial charge is 0.258 e. The zero-order chi connectivity index (χ0) is 13.7. The average molecular weight is 287 g/mol. The van der Waals surface area contributed by atoms with E-state index in [9.17, 15) is 9.59 Å². The number of imide groups is 1. The van der Waals surface area contributed by atoms with E-state index in [1.807, 2.05) is 42.5 Å². The van der Waals surface area contributed by atoms with E-state index >= 15 is 0 Å². The fraction of sp³-hybridized carbons (Fsp3) is 0.333. The SMILES string of the molecule is O=C1C2C3C=CC(S3)C2C(=O)N1OCc1ccccc1. The number of hydrogen-bond acceptors (Lipinski definition) is 4. The lowest BCUT2D eigenvalue weighted by molar-refractivity contribution is -0.193. The van der Waals surface area contributed by atoms with Crippen molar-refractivity contribution in [3.05, 3.63) is 48.0 Å². The van der Waals surface area contributed by atoms with Crippen LogP contribution in [0.3, 0.4) is 0 Å². The van der Waals surface area contributed by atoms with Crippen LogP contribution in [0.25, 0.3) is 0 Å². The van der Waals surface area contributed by atoms with Gasteiger partial charge in [0.15, 0.2) is 0 Å². The lowest BCUT2D eigenvalue weighted by Crippen LogP contribution is -2.33. The minimum Gasteiger partial charge on any atom is -0.272 e. The number of hydrogen-bond donors (Lipinski definition) is 0. The zero-order valence-corrected chi connectivity index (χ0v) is 11.5. The van der Waals surface area contributed by atoms with E-state index in [1.54, 1.807) is 11.8 Å². The maximum Gasteiger partial charge on any atom is 0.258 e. The first kappa shape index (κ1) is 12.2. The Labute approximate surface area is 120 Å². The molecule has 20 heavy (non-hydrogen) atoms. The summed E-state index contributed by atoms with van der Waals surface area (Å²) in [4.78, 5) is 30.2. The third-order valence-electron chi connectivity index (χ3n) is 4.07. The van der Waals surface area contributed by atoms with Crippen molar-refractivity contribution in [1.82, 2.24) is 5.06 Å². The Bertz CT molecular complexity index is 570. The molecule has 2 fully saturated rings. The van der Waals surface area contributed by atoms with Crippen LogP contribution in [0.15, 0.2) is 42.5 Å². The maximum atomic E-state index is 12.3. The topological polar surface area (TPSA) is 46.6 Å². The van der Waals surface area contributed by atoms with Gasteiger partial charge in [0.1, 0.15) is 6.61 Å². The number of rotatable bonds is 3. The van der Waals surface area contributed by atoms with Crippen LogP contribution in [0.5, 0.6) is 0 Å². The quantitative estimate of drug-likeness (QED) is 0.628. The summed E-state index contributed by atoms with van der Waals surface area (Å²) in [6.07, 6.45) is 4.09. The Balaban J connectivity index is 1.51. The third kappa shape index (κ3) is 1.66. The summed E-state index contributed by atoms with van der Waals surface area (Å²) in [5, 5.41) is 1.29. The van der Waals surface area contributed by atoms with Gasteiger partial charge in [-0.25, -0.2) is 0 Å². The molecular weight excluding hydrogens is 274 g/mol. The predicted octanol–water partition coefficient (Wildman–Crippen LogP) is 1.77. The molecule has 102 valence electrons. The number of carbonyl (C=O) groups excluding carboxylic acids is 2. The van der Waals surface area contributed by atoms with E-state index in [4.69, 9.17) is 4.84 Å². The first-order chi connectivity index (χ1) is 9.75. The van der Waals surface area contributed by atoms with Crippen LogP contribution < -0.4 is 0 Å². The number of nitrogens with zero attached hydrogens (tertiary/aromatic N) is 1. The van der Waals surface area contributed by atoms with Crippen LogP contribution in [0.1, 0.15) is 5.56 Å². The molecule has 0 aliphatic carbocycles. The fourth-order valence-corrected chi connectivity index (χ4v) is 4.75. The molecule has 2 amide bonds. The van der Waals surface area contributed by atoms with Gasteiger partial charge in [-0.1, -0.05) is 42.5 Å². The molecule has 4 unspecified atom stereocenters. The number of fused-ring (bicyclic) bond motifs is 5. The monoisotopic (exact) mass is 287 g/mol. The number of thioether (sulfide) groups is 1. The summed E-state index contributed by atoms with van der Waals surface area (Å²) >= 11 is 1.71. The molecule has 4 rings (SSSR count). The second-order valence-electron chi connectivity index (χ2n) is 5.23. The lowest BCUT2D eigenvalue weighted by atomic mass is 9.85. The highest BCUT2D eigenvalue weighted by Crippen LogP contribution is 2.53. The molecule has 2 bridgehead atoms. The Morgan fingerprint density at radius 2 is 1.60 bits per heavy atom. The van der Waals surface area contributed by atoms with Gasteiger partial charge in [-0.15, -0.1) is 11.8 Å². The van der Waals surface area contributed by atoms with Crippen LogP contribution in [0.4, 0.5) is 0 Å². The highest BCUT2D eigenvalue weighted by atomic mass is 32.2. The molecular formula is C15H13NO3S. The maximum absolute atomic E-state index is 12.3. The molecule has 4 nitrogen and oxygen atoms in total. The van der Waals surface area contributed by atoms with Gasteiger partial charge in [-0.05, 0) is 5.56 Å². The van der Waals surface area contributed by atoms with Gasteiger partial charge in [-0.3, -0.25) is 14.4 Å². The molecule has 5 heteroatoms. The number of amides is 2. The van der Waals surface area contributed by atoms with Crippen LogP contribution >= 0.6 is 11.8 Å². The van der Waals surface area contributed by atoms with E-state index in [0.29, 0.717) is 0 Å². The molecule has 4 atom stereocenters. The van der Waals surface area contributed by atoms with Gasteiger partial charge in [0.25, 0.3) is 11.8 Å². The molecule has 3 aliphatic rings. The minimum absolute atomic E-state index is 0.145. The second kappa shape index (κ2) is 4.46.